The molecule has 1 saturated heterocycles. The van der Waals surface area contributed by atoms with E-state index in [1.165, 1.54) is 19.8 Å². The highest BCUT2D eigenvalue weighted by Gasteiger charge is 2.40. The van der Waals surface area contributed by atoms with Crippen LogP contribution in [0.25, 0.3) is 0 Å². The Labute approximate surface area is 160 Å². The van der Waals surface area contributed by atoms with Gasteiger partial charge in [0.15, 0.2) is 11.5 Å². The van der Waals surface area contributed by atoms with E-state index in [4.69, 9.17) is 14.2 Å². The van der Waals surface area contributed by atoms with Crippen LogP contribution in [-0.4, -0.2) is 49.7 Å². The van der Waals surface area contributed by atoms with Crippen LogP contribution in [0.3, 0.4) is 0 Å². The maximum Gasteiger partial charge on any atom is 0.311 e. The first-order chi connectivity index (χ1) is 13.0. The summed E-state index contributed by atoms with van der Waals surface area (Å²) in [6.07, 6.45) is 4.70. The number of amides is 1. The second-order valence-corrected chi connectivity index (χ2v) is 7.32. The molecule has 0 spiro atoms. The summed E-state index contributed by atoms with van der Waals surface area (Å²) in [6, 6.07) is 5.82. The molecule has 1 aliphatic heterocycles. The van der Waals surface area contributed by atoms with E-state index in [-0.39, 0.29) is 29.8 Å². The number of methoxy groups -OCH3 is 1. The van der Waals surface area contributed by atoms with Crippen molar-refractivity contribution in [1.82, 2.24) is 4.90 Å². The molecule has 0 aromatic heterocycles. The topological polar surface area (TPSA) is 65.1 Å². The third-order valence-electron chi connectivity index (χ3n) is 5.57. The third-order valence-corrected chi connectivity index (χ3v) is 5.57. The predicted octanol–water partition coefficient (Wildman–Crippen LogP) is 3.14. The van der Waals surface area contributed by atoms with Crippen LogP contribution in [0.1, 0.15) is 51.0 Å². The van der Waals surface area contributed by atoms with Crippen LogP contribution in [0.5, 0.6) is 11.5 Å². The Kier molecular flexibility index (Phi) is 6.24. The molecule has 1 aromatic rings. The second kappa shape index (κ2) is 8.63. The van der Waals surface area contributed by atoms with Crippen molar-refractivity contribution >= 4 is 11.9 Å². The molecule has 1 saturated carbocycles. The van der Waals surface area contributed by atoms with E-state index in [1.807, 2.05) is 18.2 Å². The Morgan fingerprint density at radius 3 is 2.52 bits per heavy atom. The molecule has 0 bridgehead atoms. The summed E-state index contributed by atoms with van der Waals surface area (Å²) >= 11 is 0. The van der Waals surface area contributed by atoms with Crippen molar-refractivity contribution in [3.8, 4) is 11.5 Å². The molecule has 1 heterocycles. The van der Waals surface area contributed by atoms with Crippen molar-refractivity contribution < 1.29 is 23.8 Å². The van der Waals surface area contributed by atoms with Crippen LogP contribution >= 0.6 is 0 Å². The molecular formula is C21H29NO5. The Morgan fingerprint density at radius 1 is 1.15 bits per heavy atom. The van der Waals surface area contributed by atoms with Gasteiger partial charge in [0.25, 0.3) is 0 Å². The fourth-order valence-corrected chi connectivity index (χ4v) is 4.09. The standard InChI is InChI=1S/C21H29NO5/c1-4-26-21(24)18-13-22(14(2)23)12-17(18)15-9-10-19(25-3)20(11-15)27-16-7-5-6-8-16/h9-11,16-18H,4-8,12-13H2,1-3H3/t17-,18+/m1/s1. The molecule has 0 radical (unpaired) electrons. The molecule has 0 unspecified atom stereocenters. The van der Waals surface area contributed by atoms with Gasteiger partial charge in [-0.1, -0.05) is 6.07 Å². The monoisotopic (exact) mass is 375 g/mol. The molecule has 2 aliphatic rings. The Bertz CT molecular complexity index is 683. The molecular weight excluding hydrogens is 346 g/mol. The number of hydrogen-bond donors (Lipinski definition) is 0. The number of esters is 1. The average molecular weight is 375 g/mol. The Morgan fingerprint density at radius 2 is 1.89 bits per heavy atom. The molecule has 1 aliphatic carbocycles. The highest BCUT2D eigenvalue weighted by molar-refractivity contribution is 5.79. The van der Waals surface area contributed by atoms with E-state index in [0.29, 0.717) is 31.2 Å². The zero-order valence-corrected chi connectivity index (χ0v) is 16.4. The van der Waals surface area contributed by atoms with Crippen LogP contribution in [0.2, 0.25) is 0 Å². The van der Waals surface area contributed by atoms with Gasteiger partial charge in [-0.2, -0.15) is 0 Å². The summed E-state index contributed by atoms with van der Waals surface area (Å²) in [5, 5.41) is 0. The van der Waals surface area contributed by atoms with Gasteiger partial charge >= 0.3 is 5.97 Å². The van der Waals surface area contributed by atoms with Gasteiger partial charge in [0.1, 0.15) is 0 Å². The highest BCUT2D eigenvalue weighted by atomic mass is 16.5. The summed E-state index contributed by atoms with van der Waals surface area (Å²) < 4.78 is 16.9. The maximum absolute atomic E-state index is 12.5. The number of hydrogen-bond acceptors (Lipinski definition) is 5. The van der Waals surface area contributed by atoms with Crippen molar-refractivity contribution in [3.63, 3.8) is 0 Å². The lowest BCUT2D eigenvalue weighted by atomic mass is 9.88. The summed E-state index contributed by atoms with van der Waals surface area (Å²) in [4.78, 5) is 26.1. The zero-order chi connectivity index (χ0) is 19.4. The van der Waals surface area contributed by atoms with Gasteiger partial charge in [-0.05, 0) is 50.3 Å². The van der Waals surface area contributed by atoms with Crippen molar-refractivity contribution in [3.05, 3.63) is 23.8 Å². The van der Waals surface area contributed by atoms with Crippen LogP contribution in [0, 0.1) is 5.92 Å². The van der Waals surface area contributed by atoms with E-state index in [9.17, 15) is 9.59 Å². The van der Waals surface area contributed by atoms with Gasteiger partial charge in [0.05, 0.1) is 25.7 Å². The first-order valence-corrected chi connectivity index (χ1v) is 9.80. The van der Waals surface area contributed by atoms with Crippen LogP contribution in [-0.2, 0) is 14.3 Å². The lowest BCUT2D eigenvalue weighted by Gasteiger charge is -2.21. The molecule has 27 heavy (non-hydrogen) atoms. The normalized spacial score (nSPS) is 22.7. The van der Waals surface area contributed by atoms with E-state index >= 15 is 0 Å². The van der Waals surface area contributed by atoms with Gasteiger partial charge in [-0.3, -0.25) is 9.59 Å². The number of nitrogens with zero attached hydrogens (tertiary/aromatic N) is 1. The number of rotatable bonds is 6. The molecule has 6 heteroatoms. The predicted molar refractivity (Wildman–Crippen MR) is 101 cm³/mol. The van der Waals surface area contributed by atoms with Gasteiger partial charge in [-0.25, -0.2) is 0 Å². The van der Waals surface area contributed by atoms with Gasteiger partial charge in [0.2, 0.25) is 5.91 Å². The maximum atomic E-state index is 12.5. The summed E-state index contributed by atoms with van der Waals surface area (Å²) in [6.45, 7) is 4.57. The fourth-order valence-electron chi connectivity index (χ4n) is 4.09. The minimum Gasteiger partial charge on any atom is -0.493 e. The molecule has 148 valence electrons. The number of carbonyl (C=O) groups is 2. The minimum atomic E-state index is -0.360. The number of benzene rings is 1. The van der Waals surface area contributed by atoms with Crippen molar-refractivity contribution in [2.75, 3.05) is 26.8 Å². The Balaban J connectivity index is 1.87. The van der Waals surface area contributed by atoms with Crippen LogP contribution in [0.4, 0.5) is 0 Å². The van der Waals surface area contributed by atoms with Crippen molar-refractivity contribution in [1.29, 1.82) is 0 Å². The SMILES string of the molecule is CCOC(=O)[C@H]1CN(C(C)=O)C[C@@H]1c1ccc(OC)c(OC2CCCC2)c1. The molecule has 3 rings (SSSR count). The van der Waals surface area contributed by atoms with E-state index in [1.54, 1.807) is 18.9 Å². The van der Waals surface area contributed by atoms with Crippen molar-refractivity contribution in [2.45, 2.75) is 51.6 Å². The largest absolute Gasteiger partial charge is 0.493 e. The minimum absolute atomic E-state index is 0.0252. The van der Waals surface area contributed by atoms with Crippen molar-refractivity contribution in [2.24, 2.45) is 5.92 Å². The molecule has 0 N–H and O–H groups in total. The fraction of sp³-hybridized carbons (Fsp3) is 0.619. The summed E-state index contributed by atoms with van der Waals surface area (Å²) in [5.41, 5.74) is 0.977. The van der Waals surface area contributed by atoms with Gasteiger partial charge < -0.3 is 19.1 Å². The van der Waals surface area contributed by atoms with Gasteiger partial charge in [-0.15, -0.1) is 0 Å². The number of carbonyl (C=O) groups excluding carboxylic acids is 2. The van der Waals surface area contributed by atoms with E-state index in [0.717, 1.165) is 18.4 Å². The van der Waals surface area contributed by atoms with Crippen LogP contribution < -0.4 is 9.47 Å². The summed E-state index contributed by atoms with van der Waals surface area (Å²) in [7, 11) is 1.63. The number of likely N-dealkylation sites (tertiary alicyclic amines) is 1. The quantitative estimate of drug-likeness (QED) is 0.715. The lowest BCUT2D eigenvalue weighted by Crippen LogP contribution is -2.28. The zero-order valence-electron chi connectivity index (χ0n) is 16.4. The first-order valence-electron chi connectivity index (χ1n) is 9.80. The van der Waals surface area contributed by atoms with Gasteiger partial charge in [0, 0.05) is 25.9 Å². The molecule has 2 fully saturated rings. The first kappa shape index (κ1) is 19.5. The Hall–Kier alpha value is -2.24. The van der Waals surface area contributed by atoms with Crippen LogP contribution in [0.15, 0.2) is 18.2 Å². The second-order valence-electron chi connectivity index (χ2n) is 7.32. The molecule has 1 aromatic carbocycles. The summed E-state index contributed by atoms with van der Waals surface area (Å²) in [5.74, 6) is 0.667. The molecule has 6 nitrogen and oxygen atoms in total. The third kappa shape index (κ3) is 4.37. The molecule has 1 amide bonds. The van der Waals surface area contributed by atoms with E-state index in [2.05, 4.69) is 0 Å². The average Bonchev–Trinajstić information content (AvgIpc) is 3.31. The highest BCUT2D eigenvalue weighted by Crippen LogP contribution is 2.39. The lowest BCUT2D eigenvalue weighted by molar-refractivity contribution is -0.148. The molecule has 2 atom stereocenters. The van der Waals surface area contributed by atoms with E-state index < -0.39 is 0 Å². The smallest absolute Gasteiger partial charge is 0.311 e. The number of ether oxygens (including phenoxy) is 3.